The third kappa shape index (κ3) is 6.43. The summed E-state index contributed by atoms with van der Waals surface area (Å²) >= 11 is 0. The van der Waals surface area contributed by atoms with Gasteiger partial charge in [-0.3, -0.25) is 9.69 Å². The molecule has 1 aromatic rings. The first-order valence-corrected chi connectivity index (χ1v) is 7.98. The summed E-state index contributed by atoms with van der Waals surface area (Å²) in [7, 11) is 0. The van der Waals surface area contributed by atoms with Gasteiger partial charge in [0.25, 0.3) is 0 Å². The molecule has 0 unspecified atom stereocenters. The predicted octanol–water partition coefficient (Wildman–Crippen LogP) is 2.35. The summed E-state index contributed by atoms with van der Waals surface area (Å²) < 4.78 is 10.3. The van der Waals surface area contributed by atoms with E-state index in [9.17, 15) is 9.59 Å². The molecular weight excluding hydrogens is 330 g/mol. The van der Waals surface area contributed by atoms with Crippen molar-refractivity contribution < 1.29 is 19.1 Å². The molecule has 0 spiro atoms. The van der Waals surface area contributed by atoms with Crippen LogP contribution in [-0.4, -0.2) is 56.1 Å². The molecule has 1 aliphatic rings. The second kappa shape index (κ2) is 11.0. The van der Waals surface area contributed by atoms with Crippen LogP contribution in [0.4, 0.5) is 0 Å². The molecule has 1 aliphatic heterocycles. The van der Waals surface area contributed by atoms with E-state index >= 15 is 0 Å². The average molecular weight is 354 g/mol. The number of ketones is 1. The predicted molar refractivity (Wildman–Crippen MR) is 95.2 cm³/mol. The fourth-order valence-corrected chi connectivity index (χ4v) is 2.40. The van der Waals surface area contributed by atoms with Crippen LogP contribution in [0.25, 0.3) is 6.08 Å². The zero-order valence-corrected chi connectivity index (χ0v) is 14.7. The maximum Gasteiger partial charge on any atom is 0.341 e. The Kier molecular flexibility index (Phi) is 9.30. The second-order valence-corrected chi connectivity index (χ2v) is 5.32. The molecule has 0 aromatic heterocycles. The summed E-state index contributed by atoms with van der Waals surface area (Å²) in [6.45, 7) is 5.65. The molecule has 6 heteroatoms. The normalized spacial score (nSPS) is 15.5. The fourth-order valence-electron chi connectivity index (χ4n) is 2.40. The average Bonchev–Trinajstić information content (AvgIpc) is 2.59. The highest BCUT2D eigenvalue weighted by molar-refractivity contribution is 6.20. The third-order valence-electron chi connectivity index (χ3n) is 3.67. The molecule has 5 nitrogen and oxygen atoms in total. The summed E-state index contributed by atoms with van der Waals surface area (Å²) in [4.78, 5) is 26.7. The number of benzene rings is 1. The van der Waals surface area contributed by atoms with Crippen molar-refractivity contribution in [2.24, 2.45) is 0 Å². The summed E-state index contributed by atoms with van der Waals surface area (Å²) in [5.74, 6) is -0.734. The van der Waals surface area contributed by atoms with Gasteiger partial charge < -0.3 is 9.47 Å². The molecule has 0 saturated carbocycles. The molecule has 1 saturated heterocycles. The lowest BCUT2D eigenvalue weighted by molar-refractivity contribution is -0.139. The second-order valence-electron chi connectivity index (χ2n) is 5.32. The highest BCUT2D eigenvalue weighted by Gasteiger charge is 2.21. The number of ether oxygens (including phenoxy) is 2. The van der Waals surface area contributed by atoms with Crippen molar-refractivity contribution in [2.75, 3.05) is 39.5 Å². The molecule has 1 aromatic carbocycles. The first-order chi connectivity index (χ1) is 11.2. The Morgan fingerprint density at radius 2 is 1.88 bits per heavy atom. The lowest BCUT2D eigenvalue weighted by Crippen LogP contribution is -2.37. The number of carbonyl (C=O) groups excluding carboxylic acids is 2. The molecule has 0 bridgehead atoms. The van der Waals surface area contributed by atoms with Crippen LogP contribution < -0.4 is 0 Å². The number of nitrogens with zero attached hydrogens (tertiary/aromatic N) is 1. The first kappa shape index (κ1) is 20.4. The molecule has 0 radical (unpaired) electrons. The van der Waals surface area contributed by atoms with Gasteiger partial charge in [-0.1, -0.05) is 30.3 Å². The van der Waals surface area contributed by atoms with Gasteiger partial charge in [0.15, 0.2) is 5.78 Å². The number of hydrogen-bond acceptors (Lipinski definition) is 5. The number of Topliss-reactive ketones (excluding diaryl/α,β-unsaturated/α-hetero) is 1. The van der Waals surface area contributed by atoms with Crippen LogP contribution in [0.1, 0.15) is 18.9 Å². The Morgan fingerprint density at radius 3 is 2.50 bits per heavy atom. The van der Waals surface area contributed by atoms with Crippen LogP contribution in [0.5, 0.6) is 0 Å². The number of morpholine rings is 1. The highest BCUT2D eigenvalue weighted by atomic mass is 35.5. The minimum Gasteiger partial charge on any atom is -0.462 e. The van der Waals surface area contributed by atoms with Crippen molar-refractivity contribution in [1.29, 1.82) is 0 Å². The van der Waals surface area contributed by atoms with Gasteiger partial charge in [0.05, 0.1) is 19.8 Å². The molecule has 0 atom stereocenters. The first-order valence-electron chi connectivity index (χ1n) is 7.98. The molecule has 0 amide bonds. The van der Waals surface area contributed by atoms with Crippen molar-refractivity contribution in [3.63, 3.8) is 0 Å². The molecule has 1 heterocycles. The zero-order chi connectivity index (χ0) is 16.5. The monoisotopic (exact) mass is 353 g/mol. The maximum absolute atomic E-state index is 12.5. The van der Waals surface area contributed by atoms with E-state index in [0.717, 1.165) is 18.7 Å². The molecule has 1 fully saturated rings. The van der Waals surface area contributed by atoms with E-state index in [-0.39, 0.29) is 30.4 Å². The molecular formula is C18H24ClNO4. The van der Waals surface area contributed by atoms with E-state index in [1.54, 1.807) is 13.0 Å². The van der Waals surface area contributed by atoms with Gasteiger partial charge in [-0.25, -0.2) is 4.79 Å². The van der Waals surface area contributed by atoms with E-state index in [1.165, 1.54) is 0 Å². The molecule has 0 N–H and O–H groups in total. The van der Waals surface area contributed by atoms with Gasteiger partial charge in [-0.2, -0.15) is 0 Å². The van der Waals surface area contributed by atoms with Gasteiger partial charge in [0.2, 0.25) is 0 Å². The van der Waals surface area contributed by atoms with Crippen LogP contribution in [-0.2, 0) is 19.1 Å². The number of esters is 1. The van der Waals surface area contributed by atoms with Crippen LogP contribution in [0, 0.1) is 0 Å². The Hall–Kier alpha value is -1.69. The summed E-state index contributed by atoms with van der Waals surface area (Å²) in [5, 5.41) is 0. The Balaban J connectivity index is 0.00000288. The van der Waals surface area contributed by atoms with Gasteiger partial charge in [0, 0.05) is 26.1 Å². The molecule has 0 aliphatic carbocycles. The van der Waals surface area contributed by atoms with Crippen LogP contribution in [0.3, 0.4) is 0 Å². The van der Waals surface area contributed by atoms with Crippen LogP contribution >= 0.6 is 12.4 Å². The smallest absolute Gasteiger partial charge is 0.341 e. The summed E-state index contributed by atoms with van der Waals surface area (Å²) in [6.07, 6.45) is 1.91. The van der Waals surface area contributed by atoms with Gasteiger partial charge in [0.1, 0.15) is 5.57 Å². The maximum atomic E-state index is 12.5. The number of halogens is 1. The minimum absolute atomic E-state index is 0. The van der Waals surface area contributed by atoms with Gasteiger partial charge >= 0.3 is 5.97 Å². The number of hydrogen-bond donors (Lipinski definition) is 0. The molecule has 132 valence electrons. The van der Waals surface area contributed by atoms with E-state index < -0.39 is 5.97 Å². The quantitative estimate of drug-likeness (QED) is 0.326. The number of rotatable bonds is 7. The van der Waals surface area contributed by atoms with E-state index in [2.05, 4.69) is 4.90 Å². The largest absolute Gasteiger partial charge is 0.462 e. The minimum atomic E-state index is -0.552. The molecule has 24 heavy (non-hydrogen) atoms. The van der Waals surface area contributed by atoms with E-state index in [4.69, 9.17) is 9.47 Å². The van der Waals surface area contributed by atoms with Gasteiger partial charge in [-0.05, 0) is 18.6 Å². The Labute approximate surface area is 149 Å². The highest BCUT2D eigenvalue weighted by Crippen LogP contribution is 2.12. The number of carbonyl (C=O) groups is 2. The lowest BCUT2D eigenvalue weighted by Gasteiger charge is -2.26. The molecule has 2 rings (SSSR count). The van der Waals surface area contributed by atoms with Crippen molar-refractivity contribution in [3.8, 4) is 0 Å². The van der Waals surface area contributed by atoms with E-state index in [0.29, 0.717) is 26.2 Å². The topological polar surface area (TPSA) is 55.8 Å². The van der Waals surface area contributed by atoms with Crippen molar-refractivity contribution >= 4 is 30.2 Å². The standard InChI is InChI=1S/C18H23NO4.ClH/c1-2-23-18(21)16(14-15-6-4-3-5-7-15)17(20)8-9-19-10-12-22-13-11-19;/h3-7,14H,2,8-13H2,1H3;1H/b16-14-;. The zero-order valence-electron chi connectivity index (χ0n) is 13.9. The van der Waals surface area contributed by atoms with E-state index in [1.807, 2.05) is 30.3 Å². The van der Waals surface area contributed by atoms with Crippen molar-refractivity contribution in [3.05, 3.63) is 41.5 Å². The summed E-state index contributed by atoms with van der Waals surface area (Å²) in [5.41, 5.74) is 0.932. The third-order valence-corrected chi connectivity index (χ3v) is 3.67. The van der Waals surface area contributed by atoms with Crippen molar-refractivity contribution in [1.82, 2.24) is 4.90 Å². The summed E-state index contributed by atoms with van der Waals surface area (Å²) in [6, 6.07) is 9.34. The van der Waals surface area contributed by atoms with Crippen LogP contribution in [0.15, 0.2) is 35.9 Å². The Morgan fingerprint density at radius 1 is 1.21 bits per heavy atom. The Bertz CT molecular complexity index is 553. The van der Waals surface area contributed by atoms with Crippen LogP contribution in [0.2, 0.25) is 0 Å². The van der Waals surface area contributed by atoms with Gasteiger partial charge in [-0.15, -0.1) is 12.4 Å². The lowest BCUT2D eigenvalue weighted by atomic mass is 10.0. The SMILES string of the molecule is CCOC(=O)/C(=C\c1ccccc1)C(=O)CCN1CCOCC1.Cl. The van der Waals surface area contributed by atoms with Crippen molar-refractivity contribution in [2.45, 2.75) is 13.3 Å². The fraction of sp³-hybridized carbons (Fsp3) is 0.444.